The number of nitrogens with one attached hydrogen (secondary N) is 1. The number of rotatable bonds is 7. The number of hydrogen-bond acceptors (Lipinski definition) is 6. The highest BCUT2D eigenvalue weighted by Gasteiger charge is 2.12. The van der Waals surface area contributed by atoms with Gasteiger partial charge in [0.1, 0.15) is 12.1 Å². The lowest BCUT2D eigenvalue weighted by molar-refractivity contribution is 0.282. The summed E-state index contributed by atoms with van der Waals surface area (Å²) in [7, 11) is 0. The number of fused-ring (bicyclic) bond motifs is 1. The van der Waals surface area contributed by atoms with Crippen LogP contribution in [0.3, 0.4) is 0 Å². The van der Waals surface area contributed by atoms with E-state index in [2.05, 4.69) is 33.6 Å². The minimum absolute atomic E-state index is 0.171. The first kappa shape index (κ1) is 14.1. The van der Waals surface area contributed by atoms with Crippen LogP contribution in [0.25, 0.3) is 5.78 Å². The first-order valence-electron chi connectivity index (χ1n) is 6.34. The van der Waals surface area contributed by atoms with E-state index in [4.69, 9.17) is 5.11 Å². The Labute approximate surface area is 116 Å². The van der Waals surface area contributed by atoms with Crippen LogP contribution in [-0.4, -0.2) is 49.3 Å². The van der Waals surface area contributed by atoms with Crippen LogP contribution >= 0.6 is 11.8 Å². The summed E-state index contributed by atoms with van der Waals surface area (Å²) in [6.45, 7) is 2.23. The molecule has 19 heavy (non-hydrogen) atoms. The third-order valence-corrected chi connectivity index (χ3v) is 3.60. The molecule has 0 amide bonds. The first-order valence-corrected chi connectivity index (χ1v) is 7.73. The van der Waals surface area contributed by atoms with Crippen LogP contribution < -0.4 is 5.32 Å². The Bertz CT molecular complexity index is 524. The Morgan fingerprint density at radius 3 is 3.05 bits per heavy atom. The van der Waals surface area contributed by atoms with Gasteiger partial charge in [0.2, 0.25) is 0 Å². The van der Waals surface area contributed by atoms with Crippen LogP contribution in [-0.2, 0) is 6.42 Å². The van der Waals surface area contributed by atoms with Crippen molar-refractivity contribution in [2.75, 3.05) is 23.9 Å². The molecule has 2 N–H and O–H groups in total. The quantitative estimate of drug-likeness (QED) is 0.794. The molecule has 0 aliphatic rings. The lowest BCUT2D eigenvalue weighted by Gasteiger charge is -2.18. The molecule has 2 aromatic rings. The summed E-state index contributed by atoms with van der Waals surface area (Å²) in [6, 6.07) is 2.20. The minimum atomic E-state index is 0.171. The summed E-state index contributed by atoms with van der Waals surface area (Å²) in [5, 5.41) is 16.7. The maximum atomic E-state index is 9.12. The topological polar surface area (TPSA) is 75.3 Å². The molecule has 0 saturated heterocycles. The number of hydrogen-bond donors (Lipinski definition) is 2. The van der Waals surface area contributed by atoms with Crippen LogP contribution in [0.1, 0.15) is 19.0 Å². The zero-order valence-corrected chi connectivity index (χ0v) is 12.0. The second kappa shape index (κ2) is 6.72. The van der Waals surface area contributed by atoms with Crippen LogP contribution in [0.15, 0.2) is 12.4 Å². The highest BCUT2D eigenvalue weighted by molar-refractivity contribution is 7.98. The van der Waals surface area contributed by atoms with E-state index in [0.717, 1.165) is 23.7 Å². The van der Waals surface area contributed by atoms with Crippen LogP contribution in [0, 0.1) is 0 Å². The Hall–Kier alpha value is -1.34. The highest BCUT2D eigenvalue weighted by Crippen LogP contribution is 2.15. The van der Waals surface area contributed by atoms with Gasteiger partial charge in [-0.2, -0.15) is 26.4 Å². The van der Waals surface area contributed by atoms with E-state index >= 15 is 0 Å². The molecule has 0 saturated carbocycles. The molecule has 2 aromatic heterocycles. The van der Waals surface area contributed by atoms with Gasteiger partial charge in [-0.05, 0) is 19.1 Å². The summed E-state index contributed by atoms with van der Waals surface area (Å²) < 4.78 is 1.70. The molecule has 0 unspecified atom stereocenters. The smallest absolute Gasteiger partial charge is 0.254 e. The third-order valence-electron chi connectivity index (χ3n) is 2.86. The Kier molecular flexibility index (Phi) is 4.98. The van der Waals surface area contributed by atoms with E-state index in [1.807, 2.05) is 6.07 Å². The maximum absolute atomic E-state index is 9.12. The van der Waals surface area contributed by atoms with Crippen molar-refractivity contribution < 1.29 is 5.11 Å². The van der Waals surface area contributed by atoms with Gasteiger partial charge in [0.15, 0.2) is 0 Å². The molecular formula is C12H19N5OS. The SMILES string of the molecule is CCc1cc(N[C@H](CCO)CSC)n2ncnc2n1. The molecular weight excluding hydrogens is 262 g/mol. The first-order chi connectivity index (χ1) is 9.28. The molecule has 6 nitrogen and oxygen atoms in total. The predicted molar refractivity (Wildman–Crippen MR) is 77.7 cm³/mol. The summed E-state index contributed by atoms with van der Waals surface area (Å²) in [6.07, 6.45) is 5.12. The second-order valence-electron chi connectivity index (χ2n) is 4.27. The van der Waals surface area contributed by atoms with Crippen molar-refractivity contribution in [1.82, 2.24) is 19.6 Å². The molecule has 0 aromatic carbocycles. The molecule has 2 rings (SSSR count). The van der Waals surface area contributed by atoms with Crippen molar-refractivity contribution in [2.45, 2.75) is 25.8 Å². The molecule has 104 valence electrons. The molecule has 0 spiro atoms. The average Bonchev–Trinajstić information content (AvgIpc) is 2.87. The van der Waals surface area contributed by atoms with Gasteiger partial charge >= 0.3 is 0 Å². The Balaban J connectivity index is 2.28. The van der Waals surface area contributed by atoms with Gasteiger partial charge < -0.3 is 10.4 Å². The molecule has 0 aliphatic heterocycles. The molecule has 0 aliphatic carbocycles. The standard InChI is InChI=1S/C12H19N5OS/c1-3-9-6-11(15-10(4-5-18)7-19-2)17-12(16-9)13-8-14-17/h6,8,10,15,18H,3-5,7H2,1-2H3/t10-/m1/s1. The van der Waals surface area contributed by atoms with Crippen molar-refractivity contribution in [3.8, 4) is 0 Å². The van der Waals surface area contributed by atoms with Gasteiger partial charge in [-0.1, -0.05) is 6.92 Å². The summed E-state index contributed by atoms with van der Waals surface area (Å²) in [4.78, 5) is 8.54. The van der Waals surface area contributed by atoms with Gasteiger partial charge in [-0.15, -0.1) is 0 Å². The molecule has 0 fully saturated rings. The summed E-state index contributed by atoms with van der Waals surface area (Å²) in [5.41, 5.74) is 0.981. The number of aliphatic hydroxyl groups is 1. The Morgan fingerprint density at radius 1 is 1.53 bits per heavy atom. The van der Waals surface area contributed by atoms with Crippen molar-refractivity contribution in [3.63, 3.8) is 0 Å². The predicted octanol–water partition coefficient (Wildman–Crippen LogP) is 1.21. The zero-order chi connectivity index (χ0) is 13.7. The number of thioether (sulfide) groups is 1. The third kappa shape index (κ3) is 3.36. The minimum Gasteiger partial charge on any atom is -0.396 e. The van der Waals surface area contributed by atoms with E-state index in [1.165, 1.54) is 6.33 Å². The molecule has 2 heterocycles. The molecule has 0 bridgehead atoms. The van der Waals surface area contributed by atoms with Crippen LogP contribution in [0.2, 0.25) is 0 Å². The number of aliphatic hydroxyl groups excluding tert-OH is 1. The number of aryl methyl sites for hydroxylation is 1. The number of anilines is 1. The fourth-order valence-electron chi connectivity index (χ4n) is 1.91. The van der Waals surface area contributed by atoms with Gasteiger partial charge in [-0.25, -0.2) is 4.98 Å². The van der Waals surface area contributed by atoms with E-state index in [-0.39, 0.29) is 12.6 Å². The number of aromatic nitrogens is 4. The van der Waals surface area contributed by atoms with Crippen molar-refractivity contribution in [1.29, 1.82) is 0 Å². The van der Waals surface area contributed by atoms with Crippen molar-refractivity contribution in [3.05, 3.63) is 18.1 Å². The largest absolute Gasteiger partial charge is 0.396 e. The lowest BCUT2D eigenvalue weighted by Crippen LogP contribution is -2.25. The van der Waals surface area contributed by atoms with Crippen molar-refractivity contribution >= 4 is 23.4 Å². The van der Waals surface area contributed by atoms with E-state index in [1.54, 1.807) is 16.3 Å². The van der Waals surface area contributed by atoms with Gasteiger partial charge in [0.05, 0.1) is 0 Å². The zero-order valence-electron chi connectivity index (χ0n) is 11.2. The monoisotopic (exact) mass is 281 g/mol. The molecule has 7 heteroatoms. The molecule has 1 atom stereocenters. The number of nitrogens with zero attached hydrogens (tertiary/aromatic N) is 4. The van der Waals surface area contributed by atoms with Crippen LogP contribution in [0.4, 0.5) is 5.82 Å². The molecule has 0 radical (unpaired) electrons. The lowest BCUT2D eigenvalue weighted by atomic mass is 10.2. The van der Waals surface area contributed by atoms with Crippen LogP contribution in [0.5, 0.6) is 0 Å². The fraction of sp³-hybridized carbons (Fsp3) is 0.583. The van der Waals surface area contributed by atoms with E-state index in [0.29, 0.717) is 12.2 Å². The normalized spacial score (nSPS) is 12.8. The summed E-state index contributed by atoms with van der Waals surface area (Å²) >= 11 is 1.75. The Morgan fingerprint density at radius 2 is 2.37 bits per heavy atom. The second-order valence-corrected chi connectivity index (χ2v) is 5.18. The van der Waals surface area contributed by atoms with E-state index in [9.17, 15) is 0 Å². The average molecular weight is 281 g/mol. The van der Waals surface area contributed by atoms with Gasteiger partial charge in [0.25, 0.3) is 5.78 Å². The summed E-state index contributed by atoms with van der Waals surface area (Å²) in [5.74, 6) is 2.42. The van der Waals surface area contributed by atoms with Gasteiger partial charge in [0, 0.05) is 30.2 Å². The maximum Gasteiger partial charge on any atom is 0.254 e. The van der Waals surface area contributed by atoms with E-state index < -0.39 is 0 Å². The van der Waals surface area contributed by atoms with Crippen molar-refractivity contribution in [2.24, 2.45) is 0 Å². The fourth-order valence-corrected chi connectivity index (χ4v) is 2.56. The van der Waals surface area contributed by atoms with Gasteiger partial charge in [-0.3, -0.25) is 0 Å². The highest BCUT2D eigenvalue weighted by atomic mass is 32.2.